The first-order valence-electron chi connectivity index (χ1n) is 7.73. The minimum Gasteiger partial charge on any atom is -0.487 e. The van der Waals surface area contributed by atoms with Crippen molar-refractivity contribution in [1.82, 2.24) is 4.72 Å². The zero-order valence-electron chi connectivity index (χ0n) is 13.8. The van der Waals surface area contributed by atoms with Gasteiger partial charge in [-0.2, -0.15) is 0 Å². The van der Waals surface area contributed by atoms with E-state index in [1.807, 2.05) is 19.9 Å². The molecule has 1 aliphatic heterocycles. The number of benzene rings is 2. The third-order valence-corrected chi connectivity index (χ3v) is 5.54. The molecule has 0 saturated heterocycles. The van der Waals surface area contributed by atoms with Crippen LogP contribution in [0.1, 0.15) is 31.9 Å². The Hall–Kier alpha value is -2.45. The second-order valence-electron chi connectivity index (χ2n) is 6.50. The molecule has 132 valence electrons. The van der Waals surface area contributed by atoms with Crippen molar-refractivity contribution in [1.29, 1.82) is 0 Å². The van der Waals surface area contributed by atoms with Crippen molar-refractivity contribution in [2.24, 2.45) is 0 Å². The lowest BCUT2D eigenvalue weighted by molar-refractivity contribution is -0.387. The van der Waals surface area contributed by atoms with E-state index in [2.05, 4.69) is 4.72 Å². The Morgan fingerprint density at radius 3 is 2.52 bits per heavy atom. The van der Waals surface area contributed by atoms with E-state index in [4.69, 9.17) is 4.74 Å². The second-order valence-corrected chi connectivity index (χ2v) is 8.18. The number of fused-ring (bicyclic) bond motifs is 1. The summed E-state index contributed by atoms with van der Waals surface area (Å²) in [4.78, 5) is 10.1. The van der Waals surface area contributed by atoms with Crippen LogP contribution in [0.5, 0.6) is 5.75 Å². The van der Waals surface area contributed by atoms with Gasteiger partial charge in [0, 0.05) is 18.1 Å². The number of hydrogen-bond acceptors (Lipinski definition) is 5. The van der Waals surface area contributed by atoms with E-state index < -0.39 is 32.3 Å². The average Bonchev–Trinajstić information content (AvgIpc) is 2.53. The van der Waals surface area contributed by atoms with E-state index in [-0.39, 0.29) is 4.90 Å². The highest BCUT2D eigenvalue weighted by molar-refractivity contribution is 7.89. The van der Waals surface area contributed by atoms with Gasteiger partial charge in [-0.1, -0.05) is 30.3 Å². The average molecular weight is 362 g/mol. The Bertz CT molecular complexity index is 924. The lowest BCUT2D eigenvalue weighted by Crippen LogP contribution is -2.41. The van der Waals surface area contributed by atoms with Gasteiger partial charge in [0.15, 0.2) is 4.90 Å². The van der Waals surface area contributed by atoms with Gasteiger partial charge in [0.25, 0.3) is 5.69 Å². The zero-order chi connectivity index (χ0) is 18.2. The van der Waals surface area contributed by atoms with E-state index >= 15 is 0 Å². The number of sulfonamides is 1. The van der Waals surface area contributed by atoms with Gasteiger partial charge < -0.3 is 4.74 Å². The first-order chi connectivity index (χ1) is 11.7. The van der Waals surface area contributed by atoms with Crippen LogP contribution in [0.25, 0.3) is 0 Å². The minimum absolute atomic E-state index is 0.346. The summed E-state index contributed by atoms with van der Waals surface area (Å²) in [7, 11) is -4.08. The van der Waals surface area contributed by atoms with Crippen LogP contribution in [0, 0.1) is 10.1 Å². The third kappa shape index (κ3) is 3.49. The lowest BCUT2D eigenvalue weighted by atomic mass is 9.90. The molecule has 0 bridgehead atoms. The van der Waals surface area contributed by atoms with Gasteiger partial charge in [0.1, 0.15) is 11.4 Å². The lowest BCUT2D eigenvalue weighted by Gasteiger charge is -2.37. The molecule has 7 nitrogen and oxygen atoms in total. The molecular weight excluding hydrogens is 344 g/mol. The Morgan fingerprint density at radius 1 is 1.16 bits per heavy atom. The molecular formula is C17H18N2O5S. The maximum absolute atomic E-state index is 12.8. The zero-order valence-corrected chi connectivity index (χ0v) is 14.6. The predicted octanol–water partition coefficient (Wildman–Crippen LogP) is 3.18. The number of para-hydroxylation sites is 2. The highest BCUT2D eigenvalue weighted by Crippen LogP contribution is 2.40. The molecule has 25 heavy (non-hydrogen) atoms. The second kappa shape index (κ2) is 6.12. The molecule has 1 aliphatic rings. The van der Waals surface area contributed by atoms with E-state index in [1.54, 1.807) is 18.2 Å². The van der Waals surface area contributed by atoms with Crippen molar-refractivity contribution in [3.8, 4) is 5.75 Å². The molecule has 0 amide bonds. The van der Waals surface area contributed by atoms with Crippen molar-refractivity contribution in [3.05, 3.63) is 64.2 Å². The number of nitro groups is 1. The Balaban J connectivity index is 2.01. The molecule has 0 spiro atoms. The summed E-state index contributed by atoms with van der Waals surface area (Å²) >= 11 is 0. The quantitative estimate of drug-likeness (QED) is 0.665. The summed E-state index contributed by atoms with van der Waals surface area (Å²) in [6, 6.07) is 11.9. The highest BCUT2D eigenvalue weighted by atomic mass is 32.2. The van der Waals surface area contributed by atoms with Crippen LogP contribution in [0.15, 0.2) is 53.4 Å². The topological polar surface area (TPSA) is 98.5 Å². The highest BCUT2D eigenvalue weighted by Gasteiger charge is 2.37. The maximum Gasteiger partial charge on any atom is 0.289 e. The molecule has 0 aliphatic carbocycles. The Kier molecular flexibility index (Phi) is 4.26. The molecule has 0 unspecified atom stereocenters. The van der Waals surface area contributed by atoms with E-state index in [0.717, 1.165) is 0 Å². The van der Waals surface area contributed by atoms with Crippen LogP contribution in [-0.2, 0) is 10.0 Å². The molecule has 0 fully saturated rings. The van der Waals surface area contributed by atoms with Crippen LogP contribution in [0.4, 0.5) is 5.69 Å². The van der Waals surface area contributed by atoms with Crippen LogP contribution in [-0.4, -0.2) is 18.9 Å². The molecule has 0 saturated carbocycles. The first-order valence-corrected chi connectivity index (χ1v) is 9.22. The molecule has 3 rings (SSSR count). The van der Waals surface area contributed by atoms with Gasteiger partial charge >= 0.3 is 0 Å². The van der Waals surface area contributed by atoms with Crippen LogP contribution >= 0.6 is 0 Å². The van der Waals surface area contributed by atoms with Crippen molar-refractivity contribution >= 4 is 15.7 Å². The van der Waals surface area contributed by atoms with E-state index in [1.165, 1.54) is 24.3 Å². The van der Waals surface area contributed by atoms with Crippen molar-refractivity contribution in [2.45, 2.75) is 36.8 Å². The fourth-order valence-corrected chi connectivity index (χ4v) is 4.38. The number of nitrogens with one attached hydrogen (secondary N) is 1. The van der Waals surface area contributed by atoms with Gasteiger partial charge in [-0.25, -0.2) is 13.1 Å². The number of ether oxygens (including phenoxy) is 1. The monoisotopic (exact) mass is 362 g/mol. The molecule has 2 aromatic carbocycles. The van der Waals surface area contributed by atoms with Gasteiger partial charge in [0.2, 0.25) is 10.0 Å². The molecule has 1 atom stereocenters. The summed E-state index contributed by atoms with van der Waals surface area (Å²) in [5.74, 6) is 0.606. The maximum atomic E-state index is 12.8. The van der Waals surface area contributed by atoms with E-state index in [9.17, 15) is 18.5 Å². The minimum atomic E-state index is -4.08. The van der Waals surface area contributed by atoms with Crippen molar-refractivity contribution < 1.29 is 18.1 Å². The first kappa shape index (κ1) is 17.4. The molecule has 0 radical (unpaired) electrons. The molecule has 1 N–H and O–H groups in total. The van der Waals surface area contributed by atoms with Crippen LogP contribution in [0.3, 0.4) is 0 Å². The summed E-state index contributed by atoms with van der Waals surface area (Å²) in [5, 5.41) is 11.2. The summed E-state index contributed by atoms with van der Waals surface area (Å²) in [6.07, 6.45) is 0.407. The molecule has 2 aromatic rings. The fourth-order valence-electron chi connectivity index (χ4n) is 2.99. The number of rotatable bonds is 4. The molecule has 1 heterocycles. The number of nitrogens with zero attached hydrogens (tertiary/aromatic N) is 1. The normalized spacial score (nSPS) is 18.9. The van der Waals surface area contributed by atoms with Crippen molar-refractivity contribution in [3.63, 3.8) is 0 Å². The SMILES string of the molecule is CC1(C)C[C@@H](NS(=O)(=O)c2ccccc2[N+](=O)[O-])c2ccccc2O1. The Labute approximate surface area is 145 Å². The molecule has 8 heteroatoms. The van der Waals surface area contributed by atoms with Gasteiger partial charge in [-0.15, -0.1) is 0 Å². The molecule has 0 aromatic heterocycles. The van der Waals surface area contributed by atoms with E-state index in [0.29, 0.717) is 17.7 Å². The standard InChI is InChI=1S/C17H18N2O5S/c1-17(2)11-13(12-7-3-5-9-15(12)24-17)18-25(22,23)16-10-6-4-8-14(16)19(20)21/h3-10,13,18H,11H2,1-2H3/t13-/m1/s1. The van der Waals surface area contributed by atoms with Crippen LogP contribution < -0.4 is 9.46 Å². The third-order valence-electron chi connectivity index (χ3n) is 4.03. The fraction of sp³-hybridized carbons (Fsp3) is 0.294. The predicted molar refractivity (Wildman–Crippen MR) is 91.9 cm³/mol. The summed E-state index contributed by atoms with van der Waals surface area (Å²) in [6.45, 7) is 3.74. The smallest absolute Gasteiger partial charge is 0.289 e. The summed E-state index contributed by atoms with van der Waals surface area (Å²) in [5.41, 5.74) is -0.303. The van der Waals surface area contributed by atoms with Gasteiger partial charge in [0.05, 0.1) is 11.0 Å². The van der Waals surface area contributed by atoms with Crippen LogP contribution in [0.2, 0.25) is 0 Å². The largest absolute Gasteiger partial charge is 0.487 e. The number of hydrogen-bond donors (Lipinski definition) is 1. The Morgan fingerprint density at radius 2 is 1.80 bits per heavy atom. The van der Waals surface area contributed by atoms with Crippen molar-refractivity contribution in [2.75, 3.05) is 0 Å². The summed E-state index contributed by atoms with van der Waals surface area (Å²) < 4.78 is 34.1. The van der Waals surface area contributed by atoms with Gasteiger partial charge in [-0.05, 0) is 26.0 Å². The van der Waals surface area contributed by atoms with Gasteiger partial charge in [-0.3, -0.25) is 10.1 Å². The number of nitro benzene ring substituents is 1.